The number of urea groups is 1. The van der Waals surface area contributed by atoms with Gasteiger partial charge in [-0.2, -0.15) is 13.2 Å². The van der Waals surface area contributed by atoms with Gasteiger partial charge in [0.15, 0.2) is 0 Å². The van der Waals surface area contributed by atoms with E-state index in [2.05, 4.69) is 0 Å². The zero-order valence-corrected chi connectivity index (χ0v) is 9.03. The Bertz CT molecular complexity index is 300. The van der Waals surface area contributed by atoms with Gasteiger partial charge in [0.2, 0.25) is 0 Å². The van der Waals surface area contributed by atoms with Gasteiger partial charge in [-0.15, -0.1) is 0 Å². The number of amides is 2. The van der Waals surface area contributed by atoms with Crippen molar-refractivity contribution in [2.75, 3.05) is 26.2 Å². The molecule has 2 amide bonds. The van der Waals surface area contributed by atoms with Crippen molar-refractivity contribution in [3.63, 3.8) is 0 Å². The largest absolute Gasteiger partial charge is 0.480 e. The minimum Gasteiger partial charge on any atom is -0.480 e. The van der Waals surface area contributed by atoms with E-state index >= 15 is 0 Å². The maximum Gasteiger partial charge on any atom is 0.406 e. The average Bonchev–Trinajstić information content (AvgIpc) is 2.65. The molecular formula is C9H13F3N2O3. The number of hydrogen-bond donors (Lipinski definition) is 1. The summed E-state index contributed by atoms with van der Waals surface area (Å²) in [6.07, 6.45) is -3.12. The van der Waals surface area contributed by atoms with E-state index in [0.29, 0.717) is 18.0 Å². The predicted molar refractivity (Wildman–Crippen MR) is 51.5 cm³/mol. The van der Waals surface area contributed by atoms with Crippen molar-refractivity contribution in [1.29, 1.82) is 0 Å². The van der Waals surface area contributed by atoms with Gasteiger partial charge in [0.05, 0.1) is 0 Å². The summed E-state index contributed by atoms with van der Waals surface area (Å²) < 4.78 is 36.6. The summed E-state index contributed by atoms with van der Waals surface area (Å²) in [6.45, 7) is -1.71. The first kappa shape index (κ1) is 13.6. The maximum atomic E-state index is 12.2. The standard InChI is InChI=1S/C9H13F3N2O3/c10-9(11,12)6-14(5-7(15)16)8(17)13-3-1-2-4-13/h1-6H2,(H,15,16). The molecule has 0 bridgehead atoms. The van der Waals surface area contributed by atoms with Crippen LogP contribution in [0.3, 0.4) is 0 Å². The fourth-order valence-electron chi connectivity index (χ4n) is 1.68. The van der Waals surface area contributed by atoms with Crippen LogP contribution >= 0.6 is 0 Å². The number of aliphatic carboxylic acids is 1. The molecule has 0 aromatic heterocycles. The Kier molecular flexibility index (Phi) is 4.19. The van der Waals surface area contributed by atoms with Crippen LogP contribution in [-0.4, -0.2) is 59.3 Å². The van der Waals surface area contributed by atoms with E-state index in [9.17, 15) is 22.8 Å². The molecule has 0 aliphatic carbocycles. The van der Waals surface area contributed by atoms with Gasteiger partial charge >= 0.3 is 18.2 Å². The summed E-state index contributed by atoms with van der Waals surface area (Å²) in [5.41, 5.74) is 0. The number of nitrogens with zero attached hydrogens (tertiary/aromatic N) is 2. The van der Waals surface area contributed by atoms with Crippen LogP contribution in [0.1, 0.15) is 12.8 Å². The summed E-state index contributed by atoms with van der Waals surface area (Å²) in [4.78, 5) is 23.6. The molecule has 8 heteroatoms. The van der Waals surface area contributed by atoms with Crippen LogP contribution in [0.15, 0.2) is 0 Å². The van der Waals surface area contributed by atoms with Crippen LogP contribution in [0.5, 0.6) is 0 Å². The second-order valence-corrected chi connectivity index (χ2v) is 3.84. The topological polar surface area (TPSA) is 60.9 Å². The van der Waals surface area contributed by atoms with E-state index in [1.807, 2.05) is 0 Å². The molecule has 17 heavy (non-hydrogen) atoms. The van der Waals surface area contributed by atoms with Crippen molar-refractivity contribution in [2.45, 2.75) is 19.0 Å². The Balaban J connectivity index is 2.67. The first-order valence-corrected chi connectivity index (χ1v) is 5.12. The fraction of sp³-hybridized carbons (Fsp3) is 0.778. The number of halogens is 3. The molecule has 1 aliphatic heterocycles. The van der Waals surface area contributed by atoms with Crippen LogP contribution in [0, 0.1) is 0 Å². The van der Waals surface area contributed by atoms with Crippen molar-refractivity contribution in [3.05, 3.63) is 0 Å². The average molecular weight is 254 g/mol. The molecule has 0 unspecified atom stereocenters. The summed E-state index contributed by atoms with van der Waals surface area (Å²) in [7, 11) is 0. The lowest BCUT2D eigenvalue weighted by Gasteiger charge is -2.27. The number of carbonyl (C=O) groups excluding carboxylic acids is 1. The number of rotatable bonds is 3. The zero-order chi connectivity index (χ0) is 13.1. The fourth-order valence-corrected chi connectivity index (χ4v) is 1.68. The molecule has 5 nitrogen and oxygen atoms in total. The molecule has 0 saturated carbocycles. The highest BCUT2D eigenvalue weighted by Gasteiger charge is 2.36. The SMILES string of the molecule is O=C(O)CN(CC(F)(F)F)C(=O)N1CCCC1. The highest BCUT2D eigenvalue weighted by Crippen LogP contribution is 2.18. The highest BCUT2D eigenvalue weighted by molar-refractivity contribution is 5.80. The van der Waals surface area contributed by atoms with Gasteiger partial charge in [-0.25, -0.2) is 4.79 Å². The molecule has 0 aromatic carbocycles. The number of carboxylic acids is 1. The molecule has 0 radical (unpaired) electrons. The van der Waals surface area contributed by atoms with E-state index in [1.165, 1.54) is 4.90 Å². The molecule has 1 N–H and O–H groups in total. The predicted octanol–water partition coefficient (Wildman–Crippen LogP) is 1.15. The molecule has 1 saturated heterocycles. The third-order valence-corrected chi connectivity index (χ3v) is 2.34. The van der Waals surface area contributed by atoms with Gasteiger partial charge in [0.25, 0.3) is 0 Å². The number of alkyl halides is 3. The second-order valence-electron chi connectivity index (χ2n) is 3.84. The van der Waals surface area contributed by atoms with Crippen molar-refractivity contribution >= 4 is 12.0 Å². The van der Waals surface area contributed by atoms with Gasteiger partial charge in [0.1, 0.15) is 13.1 Å². The van der Waals surface area contributed by atoms with E-state index in [0.717, 1.165) is 12.8 Å². The third kappa shape index (κ3) is 4.49. The smallest absolute Gasteiger partial charge is 0.406 e. The van der Waals surface area contributed by atoms with E-state index in [1.54, 1.807) is 0 Å². The lowest BCUT2D eigenvalue weighted by Crippen LogP contribution is -2.48. The Morgan fingerprint density at radius 2 is 1.76 bits per heavy atom. The summed E-state index contributed by atoms with van der Waals surface area (Å²) in [5.74, 6) is -1.46. The zero-order valence-electron chi connectivity index (χ0n) is 9.03. The van der Waals surface area contributed by atoms with Crippen LogP contribution in [0.4, 0.5) is 18.0 Å². The number of carbonyl (C=O) groups is 2. The molecule has 1 rings (SSSR count). The molecule has 0 spiro atoms. The minimum atomic E-state index is -4.59. The van der Waals surface area contributed by atoms with Gasteiger partial charge < -0.3 is 14.9 Å². The number of hydrogen-bond acceptors (Lipinski definition) is 2. The monoisotopic (exact) mass is 254 g/mol. The molecule has 1 fully saturated rings. The van der Waals surface area contributed by atoms with E-state index in [4.69, 9.17) is 5.11 Å². The van der Waals surface area contributed by atoms with Crippen LogP contribution in [0.25, 0.3) is 0 Å². The summed E-state index contributed by atoms with van der Waals surface area (Å²) in [5, 5.41) is 8.49. The van der Waals surface area contributed by atoms with E-state index in [-0.39, 0.29) is 0 Å². The normalized spacial score (nSPS) is 16.1. The molecule has 0 aromatic rings. The Morgan fingerprint density at radius 3 is 2.18 bits per heavy atom. The van der Waals surface area contributed by atoms with Crippen molar-refractivity contribution in [3.8, 4) is 0 Å². The third-order valence-electron chi connectivity index (χ3n) is 2.34. The van der Waals surface area contributed by atoms with Gasteiger partial charge in [-0.05, 0) is 12.8 Å². The maximum absolute atomic E-state index is 12.2. The number of carboxylic acid groups (broad SMARTS) is 1. The van der Waals surface area contributed by atoms with Gasteiger partial charge in [-0.3, -0.25) is 4.79 Å². The lowest BCUT2D eigenvalue weighted by atomic mass is 10.4. The lowest BCUT2D eigenvalue weighted by molar-refractivity contribution is -0.149. The van der Waals surface area contributed by atoms with Gasteiger partial charge in [-0.1, -0.05) is 0 Å². The quantitative estimate of drug-likeness (QED) is 0.821. The number of likely N-dealkylation sites (tertiary alicyclic amines) is 1. The van der Waals surface area contributed by atoms with Crippen LogP contribution in [0.2, 0.25) is 0 Å². The summed E-state index contributed by atoms with van der Waals surface area (Å²) in [6, 6.07) is -0.859. The Hall–Kier alpha value is -1.47. The van der Waals surface area contributed by atoms with Crippen molar-refractivity contribution in [1.82, 2.24) is 9.80 Å². The van der Waals surface area contributed by atoms with Crippen LogP contribution < -0.4 is 0 Å². The molecule has 98 valence electrons. The Labute approximate surface area is 95.8 Å². The second kappa shape index (κ2) is 5.24. The Morgan fingerprint density at radius 1 is 1.24 bits per heavy atom. The highest BCUT2D eigenvalue weighted by atomic mass is 19.4. The molecule has 0 atom stereocenters. The summed E-state index contributed by atoms with van der Waals surface area (Å²) >= 11 is 0. The molecular weight excluding hydrogens is 241 g/mol. The minimum absolute atomic E-state index is 0.313. The van der Waals surface area contributed by atoms with Crippen molar-refractivity contribution in [2.24, 2.45) is 0 Å². The van der Waals surface area contributed by atoms with Gasteiger partial charge in [0, 0.05) is 13.1 Å². The van der Waals surface area contributed by atoms with Crippen LogP contribution in [-0.2, 0) is 4.79 Å². The first-order valence-electron chi connectivity index (χ1n) is 5.12. The van der Waals surface area contributed by atoms with E-state index < -0.39 is 31.3 Å². The molecule has 1 heterocycles. The molecule has 1 aliphatic rings. The van der Waals surface area contributed by atoms with Crippen molar-refractivity contribution < 1.29 is 27.9 Å². The first-order chi connectivity index (χ1) is 7.79.